The molecule has 0 amide bonds. The van der Waals surface area contributed by atoms with Crippen molar-refractivity contribution in [3.05, 3.63) is 91.5 Å². The fourth-order valence-corrected chi connectivity index (χ4v) is 5.17. The molecule has 3 heterocycles. The van der Waals surface area contributed by atoms with E-state index < -0.39 is 0 Å². The summed E-state index contributed by atoms with van der Waals surface area (Å²) in [5.41, 5.74) is 8.77. The van der Waals surface area contributed by atoms with Crippen LogP contribution in [0.5, 0.6) is 0 Å². The van der Waals surface area contributed by atoms with Crippen LogP contribution >= 0.6 is 11.3 Å². The van der Waals surface area contributed by atoms with Crippen LogP contribution in [-0.4, -0.2) is 14.0 Å². The predicted molar refractivity (Wildman–Crippen MR) is 120 cm³/mol. The number of hydrogen-bond donors (Lipinski definition) is 0. The molecule has 2 aromatic carbocycles. The molecule has 144 valence electrons. The molecule has 0 fully saturated rings. The van der Waals surface area contributed by atoms with E-state index in [1.807, 2.05) is 30.3 Å². The van der Waals surface area contributed by atoms with Gasteiger partial charge in [0.2, 0.25) is 0 Å². The first-order valence-electron chi connectivity index (χ1n) is 9.63. The summed E-state index contributed by atoms with van der Waals surface area (Å²) in [7, 11) is 0. The van der Waals surface area contributed by atoms with Gasteiger partial charge >= 0.3 is 0 Å². The van der Waals surface area contributed by atoms with Crippen LogP contribution in [0.15, 0.2) is 53.3 Å². The first-order chi connectivity index (χ1) is 14.0. The molecule has 0 aliphatic carbocycles. The molecule has 5 aromatic rings. The molecule has 0 N–H and O–H groups in total. The fraction of sp³-hybridized carbons (Fsp3) is 0.167. The van der Waals surface area contributed by atoms with Crippen LogP contribution in [0.1, 0.15) is 28.1 Å². The Morgan fingerprint density at radius 1 is 0.966 bits per heavy atom. The van der Waals surface area contributed by atoms with Crippen LogP contribution in [0, 0.1) is 27.7 Å². The summed E-state index contributed by atoms with van der Waals surface area (Å²) in [4.78, 5) is 18.4. The van der Waals surface area contributed by atoms with E-state index in [0.29, 0.717) is 4.53 Å². The molecule has 0 spiro atoms. The van der Waals surface area contributed by atoms with Crippen LogP contribution in [0.2, 0.25) is 0 Å². The molecule has 0 saturated heterocycles. The normalized spacial score (nSPS) is 12.5. The summed E-state index contributed by atoms with van der Waals surface area (Å²) < 4.78 is 4.71. The first-order valence-corrected chi connectivity index (χ1v) is 10.4. The monoisotopic (exact) mass is 399 g/mol. The summed E-state index contributed by atoms with van der Waals surface area (Å²) in [6.45, 7) is 8.51. The van der Waals surface area contributed by atoms with Gasteiger partial charge in [-0.2, -0.15) is 0 Å². The van der Waals surface area contributed by atoms with E-state index in [-0.39, 0.29) is 5.56 Å². The molecule has 0 saturated carbocycles. The SMILES string of the molecule is Cc1cccc(C)c1-n1c(C)cc(/C=c2\sc3nc4ccccc4n3c2=O)c1C. The molecule has 5 rings (SSSR count). The maximum atomic E-state index is 13.1. The van der Waals surface area contributed by atoms with Crippen LogP contribution in [-0.2, 0) is 0 Å². The van der Waals surface area contributed by atoms with Gasteiger partial charge in [0.1, 0.15) is 0 Å². The highest BCUT2D eigenvalue weighted by atomic mass is 32.1. The van der Waals surface area contributed by atoms with Gasteiger partial charge in [0, 0.05) is 11.4 Å². The number of benzene rings is 2. The van der Waals surface area contributed by atoms with Gasteiger partial charge in [0.05, 0.1) is 21.3 Å². The van der Waals surface area contributed by atoms with E-state index in [4.69, 9.17) is 0 Å². The third-order valence-electron chi connectivity index (χ3n) is 5.57. The Balaban J connectivity index is 1.73. The molecule has 29 heavy (non-hydrogen) atoms. The minimum absolute atomic E-state index is 0.00410. The van der Waals surface area contributed by atoms with E-state index in [1.165, 1.54) is 28.2 Å². The number of hydrogen-bond acceptors (Lipinski definition) is 3. The van der Waals surface area contributed by atoms with E-state index in [2.05, 4.69) is 61.5 Å². The van der Waals surface area contributed by atoms with Crippen LogP contribution in [0.4, 0.5) is 0 Å². The average Bonchev–Trinajstić information content (AvgIpc) is 3.28. The number of fused-ring (bicyclic) bond motifs is 3. The third kappa shape index (κ3) is 2.65. The largest absolute Gasteiger partial charge is 0.317 e. The molecule has 0 aliphatic heterocycles. The van der Waals surface area contributed by atoms with Gasteiger partial charge in [-0.05, 0) is 68.7 Å². The summed E-state index contributed by atoms with van der Waals surface area (Å²) in [6.07, 6.45) is 2.00. The summed E-state index contributed by atoms with van der Waals surface area (Å²) >= 11 is 1.44. The Morgan fingerprint density at radius 3 is 2.45 bits per heavy atom. The second-order valence-electron chi connectivity index (χ2n) is 7.54. The second-order valence-corrected chi connectivity index (χ2v) is 8.55. The number of thiazole rings is 1. The lowest BCUT2D eigenvalue weighted by molar-refractivity contribution is 0.943. The van der Waals surface area contributed by atoms with E-state index in [0.717, 1.165) is 32.9 Å². The van der Waals surface area contributed by atoms with E-state index in [9.17, 15) is 4.79 Å². The Hall–Kier alpha value is -3.18. The Morgan fingerprint density at radius 2 is 1.69 bits per heavy atom. The zero-order valence-corrected chi connectivity index (χ0v) is 17.7. The molecular weight excluding hydrogens is 378 g/mol. The van der Waals surface area contributed by atoms with Gasteiger partial charge in [-0.15, -0.1) is 0 Å². The van der Waals surface area contributed by atoms with Gasteiger partial charge in [0.25, 0.3) is 5.56 Å². The lowest BCUT2D eigenvalue weighted by Crippen LogP contribution is -2.22. The molecule has 5 heteroatoms. The molecule has 0 atom stereocenters. The zero-order valence-electron chi connectivity index (χ0n) is 16.9. The minimum Gasteiger partial charge on any atom is -0.317 e. The van der Waals surface area contributed by atoms with Gasteiger partial charge in [-0.25, -0.2) is 9.38 Å². The van der Waals surface area contributed by atoms with Crippen LogP contribution in [0.3, 0.4) is 0 Å². The Bertz CT molecular complexity index is 1500. The maximum Gasteiger partial charge on any atom is 0.274 e. The van der Waals surface area contributed by atoms with Gasteiger partial charge in [-0.1, -0.05) is 41.7 Å². The van der Waals surface area contributed by atoms with Crippen LogP contribution in [0.25, 0.3) is 27.8 Å². The number of aryl methyl sites for hydroxylation is 3. The van der Waals surface area contributed by atoms with Crippen molar-refractivity contribution < 1.29 is 0 Å². The average molecular weight is 400 g/mol. The highest BCUT2D eigenvalue weighted by Crippen LogP contribution is 2.26. The minimum atomic E-state index is -0.00410. The Labute approximate surface area is 172 Å². The molecule has 0 aliphatic rings. The van der Waals surface area contributed by atoms with Crippen molar-refractivity contribution >= 4 is 33.4 Å². The number of nitrogens with zero attached hydrogens (tertiary/aromatic N) is 3. The van der Waals surface area contributed by atoms with Crippen molar-refractivity contribution in [1.29, 1.82) is 0 Å². The van der Waals surface area contributed by atoms with E-state index in [1.54, 1.807) is 4.40 Å². The molecule has 0 unspecified atom stereocenters. The topological polar surface area (TPSA) is 39.3 Å². The zero-order chi connectivity index (χ0) is 20.3. The number of aromatic nitrogens is 3. The van der Waals surface area contributed by atoms with Crippen molar-refractivity contribution in [3.8, 4) is 5.69 Å². The summed E-state index contributed by atoms with van der Waals surface area (Å²) in [5, 5.41) is 0. The van der Waals surface area contributed by atoms with Gasteiger partial charge in [-0.3, -0.25) is 4.79 Å². The molecule has 4 nitrogen and oxygen atoms in total. The lowest BCUT2D eigenvalue weighted by Gasteiger charge is -2.15. The smallest absolute Gasteiger partial charge is 0.274 e. The molecule has 0 radical (unpaired) electrons. The summed E-state index contributed by atoms with van der Waals surface area (Å²) in [5.74, 6) is 0. The Kier molecular flexibility index (Phi) is 3.96. The van der Waals surface area contributed by atoms with Gasteiger partial charge in [0.15, 0.2) is 4.96 Å². The summed E-state index contributed by atoms with van der Waals surface area (Å²) in [6, 6.07) is 16.3. The maximum absolute atomic E-state index is 13.1. The van der Waals surface area contributed by atoms with Crippen LogP contribution < -0.4 is 10.1 Å². The molecule has 0 bridgehead atoms. The third-order valence-corrected chi connectivity index (χ3v) is 6.53. The predicted octanol–water partition coefficient (Wildman–Crippen LogP) is 4.48. The fourth-order valence-electron chi connectivity index (χ4n) is 4.19. The first kappa shape index (κ1) is 17.9. The highest BCUT2D eigenvalue weighted by Gasteiger charge is 2.15. The van der Waals surface area contributed by atoms with Crippen molar-refractivity contribution in [2.75, 3.05) is 0 Å². The standard InChI is InChI=1S/C24H21N3OS/c1-14-8-7-9-15(2)22(14)26-16(3)12-18(17(26)4)13-21-23(28)27-20-11-6-5-10-19(20)25-24(27)29-21/h5-13H,1-4H3/b21-13-. The number of rotatable bonds is 2. The van der Waals surface area contributed by atoms with Crippen molar-refractivity contribution in [3.63, 3.8) is 0 Å². The molecular formula is C24H21N3OS. The van der Waals surface area contributed by atoms with Gasteiger partial charge < -0.3 is 4.57 Å². The second kappa shape index (κ2) is 6.42. The quantitative estimate of drug-likeness (QED) is 0.439. The number of para-hydroxylation sites is 3. The van der Waals surface area contributed by atoms with Crippen molar-refractivity contribution in [2.24, 2.45) is 0 Å². The molecule has 3 aromatic heterocycles. The lowest BCUT2D eigenvalue weighted by atomic mass is 10.1. The van der Waals surface area contributed by atoms with E-state index >= 15 is 0 Å². The highest BCUT2D eigenvalue weighted by molar-refractivity contribution is 7.15. The number of imidazole rings is 1. The van der Waals surface area contributed by atoms with Crippen molar-refractivity contribution in [1.82, 2.24) is 14.0 Å². The van der Waals surface area contributed by atoms with Crippen molar-refractivity contribution in [2.45, 2.75) is 27.7 Å².